The van der Waals surface area contributed by atoms with Crippen LogP contribution in [0.2, 0.25) is 0 Å². The van der Waals surface area contributed by atoms with Crippen molar-refractivity contribution in [3.05, 3.63) is 59.4 Å². The predicted molar refractivity (Wildman–Crippen MR) is 80.0 cm³/mol. The third kappa shape index (κ3) is 2.83. The molecule has 0 bridgehead atoms. The number of pyridine rings is 1. The van der Waals surface area contributed by atoms with Crippen LogP contribution >= 0.6 is 0 Å². The molecule has 3 nitrogen and oxygen atoms in total. The number of methoxy groups -OCH3 is 1. The van der Waals surface area contributed by atoms with Crippen molar-refractivity contribution in [2.45, 2.75) is 25.3 Å². The van der Waals surface area contributed by atoms with Gasteiger partial charge >= 0.3 is 0 Å². The number of fused-ring (bicyclic) bond motifs is 1. The number of nitrogens with one attached hydrogen (secondary N) is 1. The highest BCUT2D eigenvalue weighted by Gasteiger charge is 2.22. The maximum atomic E-state index is 5.25. The van der Waals surface area contributed by atoms with Gasteiger partial charge in [0.25, 0.3) is 0 Å². The van der Waals surface area contributed by atoms with E-state index in [0.717, 1.165) is 31.6 Å². The van der Waals surface area contributed by atoms with Gasteiger partial charge in [-0.05, 0) is 55.1 Å². The second-order valence-corrected chi connectivity index (χ2v) is 5.19. The van der Waals surface area contributed by atoms with Crippen molar-refractivity contribution in [3.8, 4) is 5.75 Å². The summed E-state index contributed by atoms with van der Waals surface area (Å²) in [6.45, 7) is 0.966. The number of nitrogens with zero attached hydrogens (tertiary/aromatic N) is 1. The summed E-state index contributed by atoms with van der Waals surface area (Å²) in [5.41, 5.74) is 3.93. The first kappa shape index (κ1) is 13.1. The van der Waals surface area contributed by atoms with E-state index in [-0.39, 0.29) is 0 Å². The molecule has 0 aliphatic heterocycles. The van der Waals surface area contributed by atoms with E-state index in [4.69, 9.17) is 4.74 Å². The fourth-order valence-electron chi connectivity index (χ4n) is 2.83. The Morgan fingerprint density at radius 1 is 1.30 bits per heavy atom. The van der Waals surface area contributed by atoms with Crippen LogP contribution in [0.15, 0.2) is 42.6 Å². The van der Waals surface area contributed by atoms with Crippen LogP contribution in [0.4, 0.5) is 0 Å². The highest BCUT2D eigenvalue weighted by atomic mass is 16.5. The van der Waals surface area contributed by atoms with Gasteiger partial charge in [-0.2, -0.15) is 0 Å². The summed E-state index contributed by atoms with van der Waals surface area (Å²) in [7, 11) is 1.71. The number of benzene rings is 1. The van der Waals surface area contributed by atoms with Crippen LogP contribution in [-0.2, 0) is 12.8 Å². The molecule has 1 aromatic carbocycles. The molecule has 2 aromatic rings. The predicted octanol–water partition coefficient (Wildman–Crippen LogP) is 2.91. The lowest BCUT2D eigenvalue weighted by Crippen LogP contribution is -2.22. The summed E-state index contributed by atoms with van der Waals surface area (Å²) in [4.78, 5) is 4.51. The molecule has 1 N–H and O–H groups in total. The van der Waals surface area contributed by atoms with Crippen molar-refractivity contribution in [3.63, 3.8) is 0 Å². The Morgan fingerprint density at radius 2 is 2.25 bits per heavy atom. The SMILES string of the molecule is COc1cccc(CCNC2CCc3cccnc32)c1. The standard InChI is InChI=1S/C17H20N2O/c1-20-15-6-2-4-13(12-15)9-11-18-16-8-7-14-5-3-10-19-17(14)16/h2-6,10,12,16,18H,7-9,11H2,1H3. The molecule has 104 valence electrons. The fourth-order valence-corrected chi connectivity index (χ4v) is 2.83. The van der Waals surface area contributed by atoms with E-state index < -0.39 is 0 Å². The lowest BCUT2D eigenvalue weighted by molar-refractivity contribution is 0.414. The Morgan fingerprint density at radius 3 is 3.15 bits per heavy atom. The molecule has 1 atom stereocenters. The molecule has 0 saturated carbocycles. The Labute approximate surface area is 120 Å². The maximum Gasteiger partial charge on any atom is 0.119 e. The quantitative estimate of drug-likeness (QED) is 0.905. The Balaban J connectivity index is 1.56. The van der Waals surface area contributed by atoms with E-state index in [0.29, 0.717) is 6.04 Å². The topological polar surface area (TPSA) is 34.1 Å². The molecule has 0 spiro atoms. The van der Waals surface area contributed by atoms with E-state index in [9.17, 15) is 0 Å². The van der Waals surface area contributed by atoms with E-state index in [1.807, 2.05) is 24.4 Å². The van der Waals surface area contributed by atoms with Gasteiger partial charge in [0.2, 0.25) is 0 Å². The molecule has 20 heavy (non-hydrogen) atoms. The zero-order valence-corrected chi connectivity index (χ0v) is 11.8. The molecule has 0 fully saturated rings. The van der Waals surface area contributed by atoms with Gasteiger partial charge in [0.15, 0.2) is 0 Å². The molecule has 0 saturated heterocycles. The molecule has 1 aromatic heterocycles. The Bertz CT molecular complexity index is 583. The molecule has 0 amide bonds. The van der Waals surface area contributed by atoms with Crippen molar-refractivity contribution in [1.29, 1.82) is 0 Å². The van der Waals surface area contributed by atoms with Gasteiger partial charge in [-0.25, -0.2) is 0 Å². The number of ether oxygens (including phenoxy) is 1. The average Bonchev–Trinajstić information content (AvgIpc) is 2.91. The first-order chi connectivity index (χ1) is 9.86. The molecule has 3 heteroatoms. The normalized spacial score (nSPS) is 16.9. The first-order valence-electron chi connectivity index (χ1n) is 7.17. The van der Waals surface area contributed by atoms with E-state index in [1.165, 1.54) is 16.8 Å². The second kappa shape index (κ2) is 6.06. The minimum absolute atomic E-state index is 0.414. The van der Waals surface area contributed by atoms with Crippen LogP contribution in [0.3, 0.4) is 0 Å². The summed E-state index contributed by atoms with van der Waals surface area (Å²) in [6.07, 6.45) is 5.20. The van der Waals surface area contributed by atoms with Crippen molar-refractivity contribution in [1.82, 2.24) is 10.3 Å². The smallest absolute Gasteiger partial charge is 0.119 e. The zero-order valence-electron chi connectivity index (χ0n) is 11.8. The van der Waals surface area contributed by atoms with Gasteiger partial charge in [0.05, 0.1) is 18.8 Å². The lowest BCUT2D eigenvalue weighted by Gasteiger charge is -2.13. The Hall–Kier alpha value is -1.87. The third-order valence-corrected chi connectivity index (χ3v) is 3.90. The van der Waals surface area contributed by atoms with Gasteiger partial charge in [0.1, 0.15) is 5.75 Å². The van der Waals surface area contributed by atoms with Crippen molar-refractivity contribution < 1.29 is 4.74 Å². The molecule has 1 aliphatic rings. The lowest BCUT2D eigenvalue weighted by atomic mass is 10.1. The van der Waals surface area contributed by atoms with Gasteiger partial charge in [-0.15, -0.1) is 0 Å². The van der Waals surface area contributed by atoms with Gasteiger partial charge in [0, 0.05) is 6.20 Å². The molecule has 1 aliphatic carbocycles. The molecule has 3 rings (SSSR count). The van der Waals surface area contributed by atoms with Gasteiger partial charge in [-0.3, -0.25) is 4.98 Å². The number of aromatic nitrogens is 1. The summed E-state index contributed by atoms with van der Waals surface area (Å²) >= 11 is 0. The fraction of sp³-hybridized carbons (Fsp3) is 0.353. The number of hydrogen-bond acceptors (Lipinski definition) is 3. The average molecular weight is 268 g/mol. The second-order valence-electron chi connectivity index (χ2n) is 5.19. The number of aryl methyl sites for hydroxylation is 1. The van der Waals surface area contributed by atoms with Crippen LogP contribution in [-0.4, -0.2) is 18.6 Å². The minimum atomic E-state index is 0.414. The Kier molecular flexibility index (Phi) is 3.97. The van der Waals surface area contributed by atoms with Crippen molar-refractivity contribution in [2.75, 3.05) is 13.7 Å². The van der Waals surface area contributed by atoms with Crippen molar-refractivity contribution >= 4 is 0 Å². The monoisotopic (exact) mass is 268 g/mol. The summed E-state index contributed by atoms with van der Waals surface area (Å²) < 4.78 is 5.25. The van der Waals surface area contributed by atoms with Crippen LogP contribution in [0.25, 0.3) is 0 Å². The highest BCUT2D eigenvalue weighted by Crippen LogP contribution is 2.28. The zero-order chi connectivity index (χ0) is 13.8. The molecular weight excluding hydrogens is 248 g/mol. The molecule has 1 heterocycles. The summed E-state index contributed by atoms with van der Waals surface area (Å²) in [5.74, 6) is 0.926. The largest absolute Gasteiger partial charge is 0.497 e. The van der Waals surface area contributed by atoms with Crippen LogP contribution in [0.1, 0.15) is 29.3 Å². The summed E-state index contributed by atoms with van der Waals surface area (Å²) in [6, 6.07) is 12.9. The van der Waals surface area contributed by atoms with Crippen molar-refractivity contribution in [2.24, 2.45) is 0 Å². The van der Waals surface area contributed by atoms with Gasteiger partial charge in [-0.1, -0.05) is 18.2 Å². The van der Waals surface area contributed by atoms with E-state index in [2.05, 4.69) is 28.5 Å². The molecule has 0 radical (unpaired) electrons. The number of hydrogen-bond donors (Lipinski definition) is 1. The van der Waals surface area contributed by atoms with Crippen LogP contribution in [0.5, 0.6) is 5.75 Å². The highest BCUT2D eigenvalue weighted by molar-refractivity contribution is 5.29. The van der Waals surface area contributed by atoms with Gasteiger partial charge < -0.3 is 10.1 Å². The van der Waals surface area contributed by atoms with Crippen LogP contribution in [0, 0.1) is 0 Å². The van der Waals surface area contributed by atoms with E-state index in [1.54, 1.807) is 7.11 Å². The molecule has 1 unspecified atom stereocenters. The third-order valence-electron chi connectivity index (χ3n) is 3.90. The summed E-state index contributed by atoms with van der Waals surface area (Å²) in [5, 5.41) is 3.62. The maximum absolute atomic E-state index is 5.25. The first-order valence-corrected chi connectivity index (χ1v) is 7.17. The number of rotatable bonds is 5. The minimum Gasteiger partial charge on any atom is -0.497 e. The van der Waals surface area contributed by atoms with E-state index >= 15 is 0 Å². The van der Waals surface area contributed by atoms with Crippen LogP contribution < -0.4 is 10.1 Å². The molecular formula is C17H20N2O.